The van der Waals surface area contributed by atoms with Crippen LogP contribution in [0, 0.1) is 20.8 Å². The molecule has 1 nitrogen and oxygen atoms in total. The molecule has 17 heavy (non-hydrogen) atoms. The predicted molar refractivity (Wildman–Crippen MR) is 74.6 cm³/mol. The number of rotatable bonds is 2. The van der Waals surface area contributed by atoms with Crippen LogP contribution in [-0.4, -0.2) is 12.6 Å². The van der Waals surface area contributed by atoms with Gasteiger partial charge in [0.25, 0.3) is 0 Å². The highest BCUT2D eigenvalue weighted by atomic mass is 14.9. The summed E-state index contributed by atoms with van der Waals surface area (Å²) in [5.41, 5.74) is 5.84. The van der Waals surface area contributed by atoms with Gasteiger partial charge in [0.2, 0.25) is 0 Å². The molecule has 0 spiro atoms. The maximum Gasteiger partial charge on any atom is 0.0108 e. The molecule has 94 valence electrons. The van der Waals surface area contributed by atoms with Crippen LogP contribution in [0.3, 0.4) is 0 Å². The molecule has 1 heterocycles. The van der Waals surface area contributed by atoms with Gasteiger partial charge in [0.1, 0.15) is 0 Å². The van der Waals surface area contributed by atoms with Crippen LogP contribution >= 0.6 is 0 Å². The first-order valence-corrected chi connectivity index (χ1v) is 6.97. The Labute approximate surface area is 106 Å². The minimum Gasteiger partial charge on any atom is -0.314 e. The summed E-state index contributed by atoms with van der Waals surface area (Å²) in [6.45, 7) is 7.88. The molecule has 1 saturated heterocycles. The van der Waals surface area contributed by atoms with Gasteiger partial charge in [-0.05, 0) is 68.8 Å². The maximum atomic E-state index is 3.69. The summed E-state index contributed by atoms with van der Waals surface area (Å²) in [6.07, 6.45) is 6.68. The molecule has 0 amide bonds. The fourth-order valence-corrected chi connectivity index (χ4v) is 2.78. The minimum absolute atomic E-state index is 0.693. The van der Waals surface area contributed by atoms with E-state index in [2.05, 4.69) is 38.2 Å². The van der Waals surface area contributed by atoms with Gasteiger partial charge in [-0.25, -0.2) is 0 Å². The molecule has 0 saturated carbocycles. The molecule has 1 atom stereocenters. The van der Waals surface area contributed by atoms with Gasteiger partial charge in [0, 0.05) is 6.04 Å². The number of hydrogen-bond donors (Lipinski definition) is 1. The maximum absolute atomic E-state index is 3.69. The third kappa shape index (κ3) is 3.32. The second-order valence-corrected chi connectivity index (χ2v) is 5.57. The summed E-state index contributed by atoms with van der Waals surface area (Å²) in [7, 11) is 0. The van der Waals surface area contributed by atoms with Crippen LogP contribution in [0.25, 0.3) is 0 Å². The Morgan fingerprint density at radius 2 is 1.76 bits per heavy atom. The molecule has 1 aliphatic rings. The van der Waals surface area contributed by atoms with Crippen LogP contribution in [0.4, 0.5) is 0 Å². The summed E-state index contributed by atoms with van der Waals surface area (Å²) in [6, 6.07) is 5.41. The standard InChI is InChI=1S/C16H25N/c1-12-9-14(3)15(10-13(12)2)11-16-7-5-4-6-8-17-16/h9-10,16-17H,4-8,11H2,1-3H3/t16-/m1/s1. The molecule has 0 unspecified atom stereocenters. The highest BCUT2D eigenvalue weighted by molar-refractivity contribution is 5.36. The van der Waals surface area contributed by atoms with E-state index in [9.17, 15) is 0 Å². The first kappa shape index (κ1) is 12.6. The Hall–Kier alpha value is -0.820. The normalized spacial score (nSPS) is 21.2. The molecular formula is C16H25N. The number of hydrogen-bond acceptors (Lipinski definition) is 1. The van der Waals surface area contributed by atoms with E-state index in [0.29, 0.717) is 6.04 Å². The van der Waals surface area contributed by atoms with Crippen molar-refractivity contribution in [2.75, 3.05) is 6.54 Å². The zero-order valence-corrected chi connectivity index (χ0v) is 11.5. The molecule has 1 aromatic carbocycles. The van der Waals surface area contributed by atoms with E-state index in [-0.39, 0.29) is 0 Å². The van der Waals surface area contributed by atoms with Gasteiger partial charge in [-0.2, -0.15) is 0 Å². The van der Waals surface area contributed by atoms with Gasteiger partial charge in [0.15, 0.2) is 0 Å². The van der Waals surface area contributed by atoms with Crippen LogP contribution in [-0.2, 0) is 6.42 Å². The largest absolute Gasteiger partial charge is 0.314 e. The lowest BCUT2D eigenvalue weighted by atomic mass is 9.94. The lowest BCUT2D eigenvalue weighted by Crippen LogP contribution is -2.30. The van der Waals surface area contributed by atoms with E-state index in [1.54, 1.807) is 0 Å². The summed E-state index contributed by atoms with van der Waals surface area (Å²) >= 11 is 0. The molecule has 0 aliphatic carbocycles. The SMILES string of the molecule is Cc1cc(C)c(C[C@H]2CCCCCN2)cc1C. The zero-order chi connectivity index (χ0) is 12.3. The zero-order valence-electron chi connectivity index (χ0n) is 11.5. The quantitative estimate of drug-likeness (QED) is 0.818. The van der Waals surface area contributed by atoms with E-state index in [1.807, 2.05) is 0 Å². The Kier molecular flexibility index (Phi) is 4.22. The van der Waals surface area contributed by atoms with Gasteiger partial charge >= 0.3 is 0 Å². The molecule has 1 heteroatoms. The third-order valence-corrected chi connectivity index (χ3v) is 4.08. The minimum atomic E-state index is 0.693. The average molecular weight is 231 g/mol. The molecular weight excluding hydrogens is 206 g/mol. The van der Waals surface area contributed by atoms with Gasteiger partial charge < -0.3 is 5.32 Å². The third-order valence-electron chi connectivity index (χ3n) is 4.08. The van der Waals surface area contributed by atoms with Gasteiger partial charge in [0.05, 0.1) is 0 Å². The summed E-state index contributed by atoms with van der Waals surface area (Å²) in [4.78, 5) is 0. The lowest BCUT2D eigenvalue weighted by molar-refractivity contribution is 0.506. The molecule has 0 bridgehead atoms. The van der Waals surface area contributed by atoms with Crippen molar-refractivity contribution in [1.82, 2.24) is 5.32 Å². The topological polar surface area (TPSA) is 12.0 Å². The van der Waals surface area contributed by atoms with Crippen LogP contribution in [0.1, 0.15) is 47.9 Å². The first-order chi connectivity index (χ1) is 8.16. The Balaban J connectivity index is 2.09. The molecule has 1 N–H and O–H groups in total. The van der Waals surface area contributed by atoms with E-state index in [1.165, 1.54) is 60.9 Å². The molecule has 0 aromatic heterocycles. The molecule has 1 fully saturated rings. The van der Waals surface area contributed by atoms with Crippen LogP contribution in [0.5, 0.6) is 0 Å². The fraction of sp³-hybridized carbons (Fsp3) is 0.625. The number of nitrogens with one attached hydrogen (secondary N) is 1. The van der Waals surface area contributed by atoms with Crippen molar-refractivity contribution < 1.29 is 0 Å². The predicted octanol–water partition coefficient (Wildman–Crippen LogP) is 3.69. The molecule has 1 aliphatic heterocycles. The average Bonchev–Trinajstić information content (AvgIpc) is 2.54. The number of benzene rings is 1. The Morgan fingerprint density at radius 3 is 2.59 bits per heavy atom. The summed E-state index contributed by atoms with van der Waals surface area (Å²) in [5, 5.41) is 3.69. The van der Waals surface area contributed by atoms with Crippen molar-refractivity contribution in [3.63, 3.8) is 0 Å². The van der Waals surface area contributed by atoms with Crippen molar-refractivity contribution in [2.24, 2.45) is 0 Å². The summed E-state index contributed by atoms with van der Waals surface area (Å²) in [5.74, 6) is 0. The van der Waals surface area contributed by atoms with Gasteiger partial charge in [-0.15, -0.1) is 0 Å². The van der Waals surface area contributed by atoms with E-state index < -0.39 is 0 Å². The van der Waals surface area contributed by atoms with Gasteiger partial charge in [-0.1, -0.05) is 25.0 Å². The monoisotopic (exact) mass is 231 g/mol. The van der Waals surface area contributed by atoms with E-state index in [4.69, 9.17) is 0 Å². The Morgan fingerprint density at radius 1 is 1.00 bits per heavy atom. The molecule has 0 radical (unpaired) electrons. The molecule has 1 aromatic rings. The van der Waals surface area contributed by atoms with Crippen LogP contribution in [0.15, 0.2) is 12.1 Å². The van der Waals surface area contributed by atoms with E-state index in [0.717, 1.165) is 0 Å². The highest BCUT2D eigenvalue weighted by Crippen LogP contribution is 2.19. The second kappa shape index (κ2) is 5.68. The molecule has 2 rings (SSSR count). The fourth-order valence-electron chi connectivity index (χ4n) is 2.78. The van der Waals surface area contributed by atoms with Gasteiger partial charge in [-0.3, -0.25) is 0 Å². The summed E-state index contributed by atoms with van der Waals surface area (Å²) < 4.78 is 0. The highest BCUT2D eigenvalue weighted by Gasteiger charge is 2.13. The second-order valence-electron chi connectivity index (χ2n) is 5.57. The van der Waals surface area contributed by atoms with Crippen molar-refractivity contribution in [3.05, 3.63) is 34.4 Å². The lowest BCUT2D eigenvalue weighted by Gasteiger charge is -2.18. The van der Waals surface area contributed by atoms with Crippen molar-refractivity contribution in [1.29, 1.82) is 0 Å². The van der Waals surface area contributed by atoms with Crippen molar-refractivity contribution in [2.45, 2.75) is 58.9 Å². The Bertz CT molecular complexity index is 373. The number of aryl methyl sites for hydroxylation is 3. The van der Waals surface area contributed by atoms with E-state index >= 15 is 0 Å². The van der Waals surface area contributed by atoms with Crippen LogP contribution < -0.4 is 5.32 Å². The van der Waals surface area contributed by atoms with Crippen LogP contribution in [0.2, 0.25) is 0 Å². The van der Waals surface area contributed by atoms with Crippen molar-refractivity contribution in [3.8, 4) is 0 Å². The van der Waals surface area contributed by atoms with Crippen molar-refractivity contribution >= 4 is 0 Å². The first-order valence-electron chi connectivity index (χ1n) is 6.97. The smallest absolute Gasteiger partial charge is 0.0108 e.